The lowest BCUT2D eigenvalue weighted by Crippen LogP contribution is -2.18. The monoisotopic (exact) mass is 235 g/mol. The van der Waals surface area contributed by atoms with Gasteiger partial charge in [0.25, 0.3) is 0 Å². The molecule has 2 N–H and O–H groups in total. The molecule has 0 aliphatic heterocycles. The van der Waals surface area contributed by atoms with Crippen LogP contribution in [0.1, 0.15) is 44.7 Å². The maximum absolute atomic E-state index is 10.8. The van der Waals surface area contributed by atoms with Crippen molar-refractivity contribution in [3.05, 3.63) is 35.4 Å². The maximum Gasteiger partial charge on any atom is 0.243 e. The third-order valence-electron chi connectivity index (χ3n) is 2.81. The smallest absolute Gasteiger partial charge is 0.243 e. The van der Waals surface area contributed by atoms with Gasteiger partial charge in [0.1, 0.15) is 0 Å². The lowest BCUT2D eigenvalue weighted by Gasteiger charge is -2.19. The van der Waals surface area contributed by atoms with E-state index in [0.29, 0.717) is 6.42 Å². The molecule has 1 aromatic carbocycles. The Morgan fingerprint density at radius 1 is 1.24 bits per heavy atom. The van der Waals surface area contributed by atoms with Gasteiger partial charge in [-0.2, -0.15) is 0 Å². The molecule has 0 aliphatic carbocycles. The van der Waals surface area contributed by atoms with Crippen molar-refractivity contribution in [2.45, 2.75) is 45.4 Å². The van der Waals surface area contributed by atoms with E-state index in [4.69, 9.17) is 5.21 Å². The third kappa shape index (κ3) is 4.57. The number of hydrogen-bond donors (Lipinski definition) is 2. The summed E-state index contributed by atoms with van der Waals surface area (Å²) in [5.41, 5.74) is 4.36. The van der Waals surface area contributed by atoms with Gasteiger partial charge in [0.15, 0.2) is 0 Å². The number of aryl methyl sites for hydroxylation is 1. The van der Waals surface area contributed by atoms with E-state index in [1.54, 1.807) is 5.48 Å². The molecule has 0 unspecified atom stereocenters. The van der Waals surface area contributed by atoms with Crippen LogP contribution in [0.3, 0.4) is 0 Å². The Bertz CT molecular complexity index is 363. The van der Waals surface area contributed by atoms with Gasteiger partial charge in [-0.05, 0) is 29.4 Å². The quantitative estimate of drug-likeness (QED) is 0.622. The summed E-state index contributed by atoms with van der Waals surface area (Å²) in [4.78, 5) is 10.8. The Morgan fingerprint density at radius 3 is 2.29 bits per heavy atom. The molecular formula is C14H21NO2. The second-order valence-electron chi connectivity index (χ2n) is 5.34. The van der Waals surface area contributed by atoms with Crippen molar-refractivity contribution in [1.82, 2.24) is 5.48 Å². The van der Waals surface area contributed by atoms with Crippen molar-refractivity contribution in [2.24, 2.45) is 0 Å². The van der Waals surface area contributed by atoms with Gasteiger partial charge in [0.05, 0.1) is 0 Å². The summed E-state index contributed by atoms with van der Waals surface area (Å²) in [6, 6.07) is 8.50. The number of nitrogens with one attached hydrogen (secondary N) is 1. The summed E-state index contributed by atoms with van der Waals surface area (Å²) in [5.74, 6) is -0.323. The molecule has 1 aromatic rings. The van der Waals surface area contributed by atoms with Crippen LogP contribution in [0.2, 0.25) is 0 Å². The molecule has 3 heteroatoms. The molecule has 0 aromatic heterocycles. The SMILES string of the molecule is CC(C)(C)c1ccc(CCCC(=O)NO)cc1. The van der Waals surface area contributed by atoms with E-state index < -0.39 is 0 Å². The first-order valence-electron chi connectivity index (χ1n) is 5.96. The normalized spacial score (nSPS) is 11.3. The molecule has 0 saturated heterocycles. The first kappa shape index (κ1) is 13.7. The molecule has 0 aliphatic rings. The first-order valence-corrected chi connectivity index (χ1v) is 5.96. The molecule has 3 nitrogen and oxygen atoms in total. The fraction of sp³-hybridized carbons (Fsp3) is 0.500. The fourth-order valence-electron chi connectivity index (χ4n) is 1.68. The summed E-state index contributed by atoms with van der Waals surface area (Å²) in [7, 11) is 0. The minimum atomic E-state index is -0.323. The highest BCUT2D eigenvalue weighted by Gasteiger charge is 2.12. The predicted molar refractivity (Wildman–Crippen MR) is 68.0 cm³/mol. The highest BCUT2D eigenvalue weighted by Crippen LogP contribution is 2.22. The average Bonchev–Trinajstić information content (AvgIpc) is 2.28. The van der Waals surface area contributed by atoms with Gasteiger partial charge in [-0.25, -0.2) is 5.48 Å². The summed E-state index contributed by atoms with van der Waals surface area (Å²) in [5, 5.41) is 8.36. The molecule has 0 spiro atoms. The lowest BCUT2D eigenvalue weighted by atomic mass is 9.86. The topological polar surface area (TPSA) is 49.3 Å². The van der Waals surface area contributed by atoms with Crippen molar-refractivity contribution in [3.8, 4) is 0 Å². The van der Waals surface area contributed by atoms with Crippen molar-refractivity contribution in [1.29, 1.82) is 0 Å². The largest absolute Gasteiger partial charge is 0.289 e. The highest BCUT2D eigenvalue weighted by atomic mass is 16.5. The molecule has 0 radical (unpaired) electrons. The summed E-state index contributed by atoms with van der Waals surface area (Å²) in [6.45, 7) is 6.56. The molecule has 0 saturated carbocycles. The molecule has 1 rings (SSSR count). The van der Waals surface area contributed by atoms with Crippen molar-refractivity contribution in [3.63, 3.8) is 0 Å². The number of amides is 1. The summed E-state index contributed by atoms with van der Waals surface area (Å²) < 4.78 is 0. The van der Waals surface area contributed by atoms with Crippen LogP contribution in [-0.2, 0) is 16.6 Å². The van der Waals surface area contributed by atoms with Crippen LogP contribution >= 0.6 is 0 Å². The predicted octanol–water partition coefficient (Wildman–Crippen LogP) is 2.81. The molecule has 0 atom stereocenters. The summed E-state index contributed by atoms with van der Waals surface area (Å²) >= 11 is 0. The van der Waals surface area contributed by atoms with Gasteiger partial charge in [-0.15, -0.1) is 0 Å². The molecule has 0 heterocycles. The Labute approximate surface area is 103 Å². The van der Waals surface area contributed by atoms with E-state index in [1.165, 1.54) is 11.1 Å². The highest BCUT2D eigenvalue weighted by molar-refractivity contribution is 5.74. The number of hydroxylamine groups is 1. The molecule has 0 fully saturated rings. The van der Waals surface area contributed by atoms with E-state index in [0.717, 1.165) is 12.8 Å². The second-order valence-corrected chi connectivity index (χ2v) is 5.34. The van der Waals surface area contributed by atoms with Crippen LogP contribution in [0, 0.1) is 0 Å². The molecule has 1 amide bonds. The van der Waals surface area contributed by atoms with Crippen LogP contribution in [0.25, 0.3) is 0 Å². The zero-order chi connectivity index (χ0) is 12.9. The lowest BCUT2D eigenvalue weighted by molar-refractivity contribution is -0.129. The first-order chi connectivity index (χ1) is 7.93. The van der Waals surface area contributed by atoms with Crippen molar-refractivity contribution >= 4 is 5.91 Å². The Balaban J connectivity index is 2.49. The van der Waals surface area contributed by atoms with Gasteiger partial charge in [0, 0.05) is 6.42 Å². The van der Waals surface area contributed by atoms with Crippen molar-refractivity contribution in [2.75, 3.05) is 0 Å². The van der Waals surface area contributed by atoms with Crippen LogP contribution in [0.4, 0.5) is 0 Å². The Hall–Kier alpha value is -1.35. The van der Waals surface area contributed by atoms with E-state index in [-0.39, 0.29) is 11.3 Å². The Kier molecular flexibility index (Phi) is 4.70. The van der Waals surface area contributed by atoms with Crippen LogP contribution in [-0.4, -0.2) is 11.1 Å². The molecular weight excluding hydrogens is 214 g/mol. The summed E-state index contributed by atoms with van der Waals surface area (Å²) in [6.07, 6.45) is 1.97. The fourth-order valence-corrected chi connectivity index (χ4v) is 1.68. The zero-order valence-corrected chi connectivity index (χ0v) is 10.8. The van der Waals surface area contributed by atoms with E-state index in [9.17, 15) is 4.79 Å². The average molecular weight is 235 g/mol. The van der Waals surface area contributed by atoms with Gasteiger partial charge in [-0.3, -0.25) is 10.0 Å². The van der Waals surface area contributed by atoms with Gasteiger partial charge in [-0.1, -0.05) is 45.0 Å². The number of carbonyl (C=O) groups is 1. The third-order valence-corrected chi connectivity index (χ3v) is 2.81. The standard InChI is InChI=1S/C14H21NO2/c1-14(2,3)12-9-7-11(8-10-12)5-4-6-13(16)15-17/h7-10,17H,4-6H2,1-3H3,(H,15,16). The molecule has 17 heavy (non-hydrogen) atoms. The second kappa shape index (κ2) is 5.82. The van der Waals surface area contributed by atoms with Crippen LogP contribution in [0.5, 0.6) is 0 Å². The van der Waals surface area contributed by atoms with Gasteiger partial charge in [0.2, 0.25) is 5.91 Å². The van der Waals surface area contributed by atoms with Gasteiger partial charge >= 0.3 is 0 Å². The Morgan fingerprint density at radius 2 is 1.82 bits per heavy atom. The van der Waals surface area contributed by atoms with Crippen molar-refractivity contribution < 1.29 is 10.0 Å². The number of rotatable bonds is 4. The van der Waals surface area contributed by atoms with Crippen LogP contribution in [0.15, 0.2) is 24.3 Å². The van der Waals surface area contributed by atoms with Crippen LogP contribution < -0.4 is 5.48 Å². The minimum absolute atomic E-state index is 0.176. The van der Waals surface area contributed by atoms with Gasteiger partial charge < -0.3 is 0 Å². The number of benzene rings is 1. The zero-order valence-electron chi connectivity index (χ0n) is 10.8. The van der Waals surface area contributed by atoms with E-state index >= 15 is 0 Å². The van der Waals surface area contributed by atoms with E-state index in [1.807, 2.05) is 0 Å². The number of carbonyl (C=O) groups excluding carboxylic acids is 1. The number of hydrogen-bond acceptors (Lipinski definition) is 2. The molecule has 94 valence electrons. The molecule has 0 bridgehead atoms. The minimum Gasteiger partial charge on any atom is -0.289 e. The maximum atomic E-state index is 10.8. The van der Waals surface area contributed by atoms with E-state index in [2.05, 4.69) is 45.0 Å².